The zero-order valence-electron chi connectivity index (χ0n) is 19.4. The smallest absolute Gasteiger partial charge is 0.425 e. The second kappa shape index (κ2) is 10.4. The third-order valence-electron chi connectivity index (χ3n) is 5.22. The Balaban J connectivity index is 2.16. The molecule has 0 aliphatic heterocycles. The third-order valence-corrected chi connectivity index (χ3v) is 5.22. The number of rotatable bonds is 8. The predicted molar refractivity (Wildman–Crippen MR) is 120 cm³/mol. The number of alkyl halides is 3. The molecule has 0 aliphatic carbocycles. The molecule has 0 bridgehead atoms. The number of hydrogen-bond donors (Lipinski definition) is 3. The van der Waals surface area contributed by atoms with Gasteiger partial charge in [-0.05, 0) is 38.0 Å². The van der Waals surface area contributed by atoms with Crippen LogP contribution in [0.2, 0.25) is 0 Å². The van der Waals surface area contributed by atoms with Crippen molar-refractivity contribution in [3.05, 3.63) is 68.0 Å². The summed E-state index contributed by atoms with van der Waals surface area (Å²) in [5.74, 6) is -3.10. The minimum Gasteiger partial charge on any atom is -0.480 e. The number of aromatic amines is 1. The summed E-state index contributed by atoms with van der Waals surface area (Å²) in [4.78, 5) is 40.1. The number of anilines is 1. The van der Waals surface area contributed by atoms with Crippen molar-refractivity contribution in [2.45, 2.75) is 52.6 Å². The number of carbonyl (C=O) groups is 1. The number of ether oxygens (including phenoxy) is 1. The third kappa shape index (κ3) is 5.32. The van der Waals surface area contributed by atoms with E-state index in [2.05, 4.69) is 15.4 Å². The average molecular weight is 513 g/mol. The van der Waals surface area contributed by atoms with Crippen LogP contribution in [0.4, 0.5) is 23.2 Å². The fourth-order valence-electron chi connectivity index (χ4n) is 3.31. The van der Waals surface area contributed by atoms with E-state index >= 15 is 4.39 Å². The number of aliphatic hydroxyl groups excluding tert-OH is 1. The van der Waals surface area contributed by atoms with E-state index in [-0.39, 0.29) is 18.1 Å². The molecule has 0 aliphatic rings. The van der Waals surface area contributed by atoms with Gasteiger partial charge in [0, 0.05) is 18.8 Å². The first-order chi connectivity index (χ1) is 16.9. The van der Waals surface area contributed by atoms with Gasteiger partial charge in [-0.2, -0.15) is 17.9 Å². The van der Waals surface area contributed by atoms with E-state index in [9.17, 15) is 32.7 Å². The van der Waals surface area contributed by atoms with Crippen molar-refractivity contribution in [1.82, 2.24) is 19.3 Å². The maximum absolute atomic E-state index is 15.2. The summed E-state index contributed by atoms with van der Waals surface area (Å²) < 4.78 is 61.5. The minimum atomic E-state index is -4.83. The van der Waals surface area contributed by atoms with Crippen molar-refractivity contribution in [1.29, 1.82) is 0 Å². The Labute approximate surface area is 201 Å². The van der Waals surface area contributed by atoms with Gasteiger partial charge in [0.05, 0.1) is 5.56 Å². The summed E-state index contributed by atoms with van der Waals surface area (Å²) in [7, 11) is 0. The van der Waals surface area contributed by atoms with Crippen LogP contribution in [-0.4, -0.2) is 42.6 Å². The Morgan fingerprint density at radius 1 is 1.31 bits per heavy atom. The normalized spacial score (nSPS) is 12.4. The summed E-state index contributed by atoms with van der Waals surface area (Å²) in [6, 6.07) is 2.79. The van der Waals surface area contributed by atoms with E-state index in [0.717, 1.165) is 10.6 Å². The van der Waals surface area contributed by atoms with Gasteiger partial charge in [-0.15, -0.1) is 5.10 Å². The van der Waals surface area contributed by atoms with E-state index in [0.29, 0.717) is 29.7 Å². The second-order valence-electron chi connectivity index (χ2n) is 7.84. The van der Waals surface area contributed by atoms with Crippen LogP contribution in [0.15, 0.2) is 34.0 Å². The molecule has 10 nitrogen and oxygen atoms in total. The van der Waals surface area contributed by atoms with Crippen LogP contribution < -0.4 is 21.3 Å². The molecule has 3 N–H and O–H groups in total. The van der Waals surface area contributed by atoms with Crippen molar-refractivity contribution in [2.24, 2.45) is 0 Å². The fourth-order valence-corrected chi connectivity index (χ4v) is 3.31. The molecule has 0 unspecified atom stereocenters. The van der Waals surface area contributed by atoms with Crippen LogP contribution in [0.25, 0.3) is 5.69 Å². The van der Waals surface area contributed by atoms with Gasteiger partial charge in [0.25, 0.3) is 11.5 Å². The highest BCUT2D eigenvalue weighted by molar-refractivity contribution is 6.06. The Hall–Kier alpha value is -3.94. The summed E-state index contributed by atoms with van der Waals surface area (Å²) in [5.41, 5.74) is -2.63. The number of benzene rings is 1. The number of pyridine rings is 1. The molecule has 0 radical (unpaired) electrons. The summed E-state index contributed by atoms with van der Waals surface area (Å²) >= 11 is 0. The Morgan fingerprint density at radius 3 is 2.58 bits per heavy atom. The summed E-state index contributed by atoms with van der Waals surface area (Å²) in [6.45, 7) is 3.45. The lowest BCUT2D eigenvalue weighted by Gasteiger charge is -2.20. The van der Waals surface area contributed by atoms with Crippen LogP contribution in [0.3, 0.4) is 0 Å². The van der Waals surface area contributed by atoms with Crippen molar-refractivity contribution in [3.63, 3.8) is 0 Å². The monoisotopic (exact) mass is 513 g/mol. The number of H-pyrrole nitrogens is 1. The second-order valence-corrected chi connectivity index (χ2v) is 7.84. The first-order valence-corrected chi connectivity index (χ1v) is 10.8. The van der Waals surface area contributed by atoms with E-state index in [1.807, 2.05) is 0 Å². The van der Waals surface area contributed by atoms with Gasteiger partial charge in [-0.3, -0.25) is 14.2 Å². The van der Waals surface area contributed by atoms with Crippen LogP contribution in [0, 0.1) is 12.7 Å². The number of aliphatic hydroxyl groups is 1. The number of hydrogen-bond acceptors (Lipinski definition) is 6. The zero-order valence-corrected chi connectivity index (χ0v) is 19.4. The molecule has 0 fully saturated rings. The van der Waals surface area contributed by atoms with Crippen LogP contribution in [-0.2, 0) is 13.2 Å². The lowest BCUT2D eigenvalue weighted by atomic mass is 10.1. The Morgan fingerprint density at radius 2 is 2.00 bits per heavy atom. The largest absolute Gasteiger partial charge is 0.480 e. The molecule has 3 rings (SSSR count). The fraction of sp³-hybridized carbons (Fsp3) is 0.364. The van der Waals surface area contributed by atoms with Gasteiger partial charge in [0.15, 0.2) is 11.9 Å². The Kier molecular flexibility index (Phi) is 7.67. The van der Waals surface area contributed by atoms with Crippen molar-refractivity contribution in [3.8, 4) is 11.4 Å². The Bertz CT molecular complexity index is 1390. The maximum Gasteiger partial charge on any atom is 0.425 e. The molecule has 2 heterocycles. The molecule has 1 aromatic carbocycles. The first kappa shape index (κ1) is 26.7. The van der Waals surface area contributed by atoms with Gasteiger partial charge in [-0.1, -0.05) is 6.92 Å². The number of carbonyl (C=O) groups excluding carboxylic acids is 1. The molecule has 1 atom stereocenters. The van der Waals surface area contributed by atoms with Crippen LogP contribution >= 0.6 is 0 Å². The molecule has 2 aromatic heterocycles. The number of aromatic nitrogens is 4. The number of nitrogens with one attached hydrogen (secondary N) is 2. The van der Waals surface area contributed by atoms with Gasteiger partial charge in [0.2, 0.25) is 0 Å². The molecule has 0 saturated heterocycles. The molecule has 0 saturated carbocycles. The van der Waals surface area contributed by atoms with Crippen LogP contribution in [0.1, 0.15) is 42.0 Å². The van der Waals surface area contributed by atoms with E-state index in [1.165, 1.54) is 19.2 Å². The number of halogens is 4. The maximum atomic E-state index is 15.2. The molecular formula is C22H23F4N5O5. The lowest BCUT2D eigenvalue weighted by molar-refractivity contribution is -0.189. The molecule has 194 valence electrons. The average Bonchev–Trinajstić information content (AvgIpc) is 3.12. The highest BCUT2D eigenvalue weighted by Crippen LogP contribution is 2.31. The molecule has 14 heteroatoms. The van der Waals surface area contributed by atoms with E-state index < -0.39 is 58.9 Å². The van der Waals surface area contributed by atoms with Gasteiger partial charge >= 0.3 is 11.9 Å². The van der Waals surface area contributed by atoms with Gasteiger partial charge in [-0.25, -0.2) is 9.18 Å². The minimum absolute atomic E-state index is 0.0898. The van der Waals surface area contributed by atoms with E-state index in [4.69, 9.17) is 4.74 Å². The highest BCUT2D eigenvalue weighted by atomic mass is 19.4. The van der Waals surface area contributed by atoms with Crippen molar-refractivity contribution in [2.75, 3.05) is 5.32 Å². The summed E-state index contributed by atoms with van der Waals surface area (Å²) in [5, 5.41) is 15.6. The molecule has 36 heavy (non-hydrogen) atoms. The number of amides is 1. The lowest BCUT2D eigenvalue weighted by Crippen LogP contribution is -2.32. The molecule has 1 amide bonds. The standard InChI is InChI=1S/C22H23F4N5O5/c1-4-7-30-17(10-32)29-31(21(30)35)15-9-16(36-12(3)22(24,25)26)13(8-14(15)23)19(33)28-18-11(2)5-6-27-20(18)34/h5-6,8-9,12,32H,4,7,10H2,1-3H3,(H,27,34)(H,28,33)/t12-/m0/s1. The first-order valence-electron chi connectivity index (χ1n) is 10.8. The van der Waals surface area contributed by atoms with Crippen molar-refractivity contribution >= 4 is 11.6 Å². The zero-order chi connectivity index (χ0) is 26.8. The quantitative estimate of drug-likeness (QED) is 0.397. The van der Waals surface area contributed by atoms with Crippen LogP contribution in [0.5, 0.6) is 5.75 Å². The number of nitrogens with zero attached hydrogens (tertiary/aromatic N) is 3. The topological polar surface area (TPSA) is 131 Å². The molecule has 3 aromatic rings. The highest BCUT2D eigenvalue weighted by Gasteiger charge is 2.39. The molecular weight excluding hydrogens is 490 g/mol. The van der Waals surface area contributed by atoms with Gasteiger partial charge in [0.1, 0.15) is 29.5 Å². The molecule has 0 spiro atoms. The number of aryl methyl sites for hydroxylation is 1. The van der Waals surface area contributed by atoms with Gasteiger partial charge < -0.3 is 20.1 Å². The SMILES string of the molecule is CCCn1c(CO)nn(-c2cc(O[C@@H](C)C(F)(F)F)c(C(=O)Nc3c(C)cc[nH]c3=O)cc2F)c1=O. The van der Waals surface area contributed by atoms with E-state index in [1.54, 1.807) is 6.92 Å². The van der Waals surface area contributed by atoms with Crippen molar-refractivity contribution < 1.29 is 32.2 Å². The summed E-state index contributed by atoms with van der Waals surface area (Å²) in [6.07, 6.45) is -5.43. The predicted octanol–water partition coefficient (Wildman–Crippen LogP) is 2.65.